The second-order valence-electron chi connectivity index (χ2n) is 4.28. The second-order valence-corrected chi connectivity index (χ2v) is 5.14. The van der Waals surface area contributed by atoms with Gasteiger partial charge in [-0.1, -0.05) is 6.92 Å². The Bertz CT molecular complexity index is 493. The van der Waals surface area contributed by atoms with Crippen LogP contribution in [0, 0.1) is 0 Å². The Kier molecular flexibility index (Phi) is 4.33. The van der Waals surface area contributed by atoms with Crippen molar-refractivity contribution in [2.24, 2.45) is 5.73 Å². The van der Waals surface area contributed by atoms with Crippen LogP contribution in [0.15, 0.2) is 29.6 Å². The summed E-state index contributed by atoms with van der Waals surface area (Å²) in [5, 5.41) is 3.18. The van der Waals surface area contributed by atoms with Gasteiger partial charge in [-0.05, 0) is 37.2 Å². The summed E-state index contributed by atoms with van der Waals surface area (Å²) in [6, 6.07) is 7.99. The SMILES string of the molecule is COc1ccc(-c2nc(C(C)CCN)cs2)cc1. The van der Waals surface area contributed by atoms with Crippen molar-refractivity contribution in [1.82, 2.24) is 4.98 Å². The van der Waals surface area contributed by atoms with Gasteiger partial charge in [0.25, 0.3) is 0 Å². The first-order valence-corrected chi connectivity index (χ1v) is 6.92. The number of benzene rings is 1. The van der Waals surface area contributed by atoms with E-state index in [1.165, 1.54) is 0 Å². The average Bonchev–Trinajstić information content (AvgIpc) is 2.89. The molecule has 0 bridgehead atoms. The first-order chi connectivity index (χ1) is 8.74. The van der Waals surface area contributed by atoms with Crippen molar-refractivity contribution in [2.45, 2.75) is 19.3 Å². The fourth-order valence-corrected chi connectivity index (χ4v) is 2.72. The first-order valence-electron chi connectivity index (χ1n) is 6.04. The van der Waals surface area contributed by atoms with Crippen molar-refractivity contribution in [3.63, 3.8) is 0 Å². The maximum Gasteiger partial charge on any atom is 0.123 e. The lowest BCUT2D eigenvalue weighted by molar-refractivity contribution is 0.415. The highest BCUT2D eigenvalue weighted by atomic mass is 32.1. The van der Waals surface area contributed by atoms with Gasteiger partial charge in [0.05, 0.1) is 12.8 Å². The number of hydrogen-bond donors (Lipinski definition) is 1. The number of nitrogens with two attached hydrogens (primary N) is 1. The van der Waals surface area contributed by atoms with E-state index in [-0.39, 0.29) is 0 Å². The molecule has 1 unspecified atom stereocenters. The summed E-state index contributed by atoms with van der Waals surface area (Å²) in [7, 11) is 1.67. The number of hydrogen-bond acceptors (Lipinski definition) is 4. The Labute approximate surface area is 112 Å². The predicted octanol–water partition coefficient (Wildman–Crippen LogP) is 3.27. The number of methoxy groups -OCH3 is 1. The van der Waals surface area contributed by atoms with Crippen molar-refractivity contribution in [2.75, 3.05) is 13.7 Å². The Morgan fingerprint density at radius 1 is 1.33 bits per heavy atom. The molecule has 0 aliphatic heterocycles. The van der Waals surface area contributed by atoms with Gasteiger partial charge < -0.3 is 10.5 Å². The van der Waals surface area contributed by atoms with Crippen LogP contribution in [0.2, 0.25) is 0 Å². The number of thiazole rings is 1. The summed E-state index contributed by atoms with van der Waals surface area (Å²) in [5.41, 5.74) is 7.85. The monoisotopic (exact) mass is 262 g/mol. The molecule has 18 heavy (non-hydrogen) atoms. The molecule has 0 radical (unpaired) electrons. The molecule has 1 heterocycles. The smallest absolute Gasteiger partial charge is 0.123 e. The highest BCUT2D eigenvalue weighted by molar-refractivity contribution is 7.13. The van der Waals surface area contributed by atoms with Gasteiger partial charge in [-0.15, -0.1) is 11.3 Å². The van der Waals surface area contributed by atoms with Gasteiger partial charge in [-0.25, -0.2) is 4.98 Å². The zero-order chi connectivity index (χ0) is 13.0. The van der Waals surface area contributed by atoms with E-state index in [0.717, 1.165) is 28.4 Å². The molecule has 1 atom stereocenters. The van der Waals surface area contributed by atoms with Gasteiger partial charge in [0, 0.05) is 16.9 Å². The molecular formula is C14H18N2OS. The van der Waals surface area contributed by atoms with Crippen LogP contribution in [0.25, 0.3) is 10.6 Å². The third-order valence-corrected chi connectivity index (χ3v) is 3.87. The van der Waals surface area contributed by atoms with E-state index < -0.39 is 0 Å². The Morgan fingerprint density at radius 3 is 2.67 bits per heavy atom. The average molecular weight is 262 g/mol. The van der Waals surface area contributed by atoms with Gasteiger partial charge in [-0.2, -0.15) is 0 Å². The van der Waals surface area contributed by atoms with Crippen molar-refractivity contribution in [3.05, 3.63) is 35.3 Å². The van der Waals surface area contributed by atoms with E-state index in [2.05, 4.69) is 17.3 Å². The normalized spacial score (nSPS) is 12.4. The second kappa shape index (κ2) is 5.98. The zero-order valence-corrected chi connectivity index (χ0v) is 11.5. The van der Waals surface area contributed by atoms with Gasteiger partial charge >= 0.3 is 0 Å². The topological polar surface area (TPSA) is 48.1 Å². The molecule has 0 fully saturated rings. The third-order valence-electron chi connectivity index (χ3n) is 2.96. The Hall–Kier alpha value is -1.39. The van der Waals surface area contributed by atoms with Crippen LogP contribution in [0.3, 0.4) is 0 Å². The van der Waals surface area contributed by atoms with E-state index in [1.54, 1.807) is 18.4 Å². The van der Waals surface area contributed by atoms with Crippen LogP contribution in [-0.2, 0) is 0 Å². The quantitative estimate of drug-likeness (QED) is 0.899. The summed E-state index contributed by atoms with van der Waals surface area (Å²) in [5.74, 6) is 1.30. The lowest BCUT2D eigenvalue weighted by atomic mass is 10.1. The summed E-state index contributed by atoms with van der Waals surface area (Å²) >= 11 is 1.68. The minimum Gasteiger partial charge on any atom is -0.497 e. The standard InChI is InChI=1S/C14H18N2OS/c1-10(7-8-15)13-9-18-14(16-13)11-3-5-12(17-2)6-4-11/h3-6,9-10H,7-8,15H2,1-2H3. The van der Waals surface area contributed by atoms with E-state index in [0.29, 0.717) is 12.5 Å². The number of aromatic nitrogens is 1. The molecule has 1 aromatic carbocycles. The molecule has 4 heteroatoms. The van der Waals surface area contributed by atoms with Crippen molar-refractivity contribution in [3.8, 4) is 16.3 Å². The predicted molar refractivity (Wildman–Crippen MR) is 76.2 cm³/mol. The van der Waals surface area contributed by atoms with E-state index in [4.69, 9.17) is 10.5 Å². The fraction of sp³-hybridized carbons (Fsp3) is 0.357. The number of ether oxygens (including phenoxy) is 1. The molecule has 3 nitrogen and oxygen atoms in total. The molecule has 0 aliphatic carbocycles. The summed E-state index contributed by atoms with van der Waals surface area (Å²) in [6.45, 7) is 2.87. The van der Waals surface area contributed by atoms with E-state index >= 15 is 0 Å². The van der Waals surface area contributed by atoms with E-state index in [1.807, 2.05) is 24.3 Å². The largest absolute Gasteiger partial charge is 0.497 e. The minimum atomic E-state index is 0.429. The molecule has 0 saturated carbocycles. The van der Waals surface area contributed by atoms with E-state index in [9.17, 15) is 0 Å². The van der Waals surface area contributed by atoms with Crippen molar-refractivity contribution < 1.29 is 4.74 Å². The van der Waals surface area contributed by atoms with Crippen LogP contribution in [0.1, 0.15) is 25.0 Å². The van der Waals surface area contributed by atoms with Gasteiger partial charge in [0.2, 0.25) is 0 Å². The molecule has 2 N–H and O–H groups in total. The van der Waals surface area contributed by atoms with Crippen LogP contribution >= 0.6 is 11.3 Å². The van der Waals surface area contributed by atoms with Crippen molar-refractivity contribution >= 4 is 11.3 Å². The highest BCUT2D eigenvalue weighted by Gasteiger charge is 2.10. The molecule has 2 aromatic rings. The first kappa shape index (κ1) is 13.1. The highest BCUT2D eigenvalue weighted by Crippen LogP contribution is 2.29. The molecule has 0 amide bonds. The zero-order valence-electron chi connectivity index (χ0n) is 10.7. The molecule has 0 aliphatic rings. The summed E-state index contributed by atoms with van der Waals surface area (Å²) in [6.07, 6.45) is 0.978. The number of nitrogens with zero attached hydrogens (tertiary/aromatic N) is 1. The minimum absolute atomic E-state index is 0.429. The Morgan fingerprint density at radius 2 is 2.06 bits per heavy atom. The van der Waals surface area contributed by atoms with Crippen LogP contribution in [0.5, 0.6) is 5.75 Å². The molecule has 0 spiro atoms. The van der Waals surface area contributed by atoms with Gasteiger partial charge in [0.15, 0.2) is 0 Å². The molecule has 2 rings (SSSR count). The number of rotatable bonds is 5. The molecule has 0 saturated heterocycles. The summed E-state index contributed by atoms with van der Waals surface area (Å²) in [4.78, 5) is 4.68. The summed E-state index contributed by atoms with van der Waals surface area (Å²) < 4.78 is 5.15. The maximum absolute atomic E-state index is 5.58. The third kappa shape index (κ3) is 2.89. The molecular weight excluding hydrogens is 244 g/mol. The lowest BCUT2D eigenvalue weighted by Crippen LogP contribution is -2.04. The van der Waals surface area contributed by atoms with Gasteiger partial charge in [0.1, 0.15) is 10.8 Å². The van der Waals surface area contributed by atoms with Crippen LogP contribution in [-0.4, -0.2) is 18.6 Å². The lowest BCUT2D eigenvalue weighted by Gasteiger charge is -2.05. The molecule has 1 aromatic heterocycles. The van der Waals surface area contributed by atoms with Crippen LogP contribution < -0.4 is 10.5 Å². The van der Waals surface area contributed by atoms with Gasteiger partial charge in [-0.3, -0.25) is 0 Å². The Balaban J connectivity index is 2.18. The van der Waals surface area contributed by atoms with Crippen LogP contribution in [0.4, 0.5) is 0 Å². The molecule has 96 valence electrons. The van der Waals surface area contributed by atoms with Crippen molar-refractivity contribution in [1.29, 1.82) is 0 Å². The fourth-order valence-electron chi connectivity index (χ4n) is 1.78. The maximum atomic E-state index is 5.58.